The zero-order chi connectivity index (χ0) is 9.26. The Balaban J connectivity index is 2.60. The fourth-order valence-corrected chi connectivity index (χ4v) is 1.48. The molecule has 3 nitrogen and oxygen atoms in total. The van der Waals surface area contributed by atoms with Crippen LogP contribution in [-0.4, -0.2) is 11.5 Å². The van der Waals surface area contributed by atoms with Gasteiger partial charge in [-0.25, -0.2) is 0 Å². The van der Waals surface area contributed by atoms with Crippen LogP contribution in [-0.2, 0) is 6.42 Å². The Bertz CT molecular complexity index is 420. The third-order valence-corrected chi connectivity index (χ3v) is 2.03. The number of nitrogens with zero attached hydrogens (tertiary/aromatic N) is 1. The summed E-state index contributed by atoms with van der Waals surface area (Å²) in [5.41, 5.74) is 7.41. The number of aromatic nitrogens is 1. The third-order valence-electron chi connectivity index (χ3n) is 2.03. The summed E-state index contributed by atoms with van der Waals surface area (Å²) < 4.78 is 5.47. The van der Waals surface area contributed by atoms with Crippen LogP contribution in [0.3, 0.4) is 0 Å². The van der Waals surface area contributed by atoms with E-state index in [1.807, 2.05) is 19.1 Å². The van der Waals surface area contributed by atoms with E-state index < -0.39 is 0 Å². The summed E-state index contributed by atoms with van der Waals surface area (Å²) in [6, 6.07) is 3.88. The molecule has 0 radical (unpaired) electrons. The van der Waals surface area contributed by atoms with E-state index in [9.17, 15) is 0 Å². The summed E-state index contributed by atoms with van der Waals surface area (Å²) in [6.07, 6.45) is 2.56. The molecule has 0 aliphatic heterocycles. The maximum atomic E-state index is 5.49. The van der Waals surface area contributed by atoms with E-state index in [0.717, 1.165) is 28.8 Å². The molecule has 0 aliphatic rings. The molecule has 2 aromatic rings. The second-order valence-electron chi connectivity index (χ2n) is 3.07. The van der Waals surface area contributed by atoms with Crippen molar-refractivity contribution in [3.8, 4) is 0 Å². The minimum absolute atomic E-state index is 0.621. The predicted molar refractivity (Wildman–Crippen MR) is 51.5 cm³/mol. The van der Waals surface area contributed by atoms with E-state index in [1.165, 1.54) is 0 Å². The smallest absolute Gasteiger partial charge is 0.137 e. The second-order valence-corrected chi connectivity index (χ2v) is 3.07. The number of hydrogen-bond donors (Lipinski definition) is 1. The summed E-state index contributed by atoms with van der Waals surface area (Å²) in [5, 5.41) is 1.09. The van der Waals surface area contributed by atoms with Crippen LogP contribution >= 0.6 is 0 Å². The SMILES string of the molecule is Cc1cc2c(CCN)nccc2o1. The molecule has 0 fully saturated rings. The van der Waals surface area contributed by atoms with Gasteiger partial charge in [0.1, 0.15) is 11.3 Å². The van der Waals surface area contributed by atoms with Gasteiger partial charge in [0.05, 0.1) is 5.69 Å². The van der Waals surface area contributed by atoms with Gasteiger partial charge in [-0.05, 0) is 25.6 Å². The Kier molecular flexibility index (Phi) is 2.02. The van der Waals surface area contributed by atoms with Gasteiger partial charge in [0, 0.05) is 18.0 Å². The molecule has 2 heterocycles. The number of rotatable bonds is 2. The second kappa shape index (κ2) is 3.18. The quantitative estimate of drug-likeness (QED) is 0.756. The lowest BCUT2D eigenvalue weighted by molar-refractivity contribution is 0.578. The fraction of sp³-hybridized carbons (Fsp3) is 0.300. The van der Waals surface area contributed by atoms with Gasteiger partial charge in [-0.1, -0.05) is 0 Å². The maximum Gasteiger partial charge on any atom is 0.137 e. The van der Waals surface area contributed by atoms with E-state index in [0.29, 0.717) is 6.54 Å². The first-order valence-corrected chi connectivity index (χ1v) is 4.35. The largest absolute Gasteiger partial charge is 0.461 e. The topological polar surface area (TPSA) is 52.0 Å². The van der Waals surface area contributed by atoms with Crippen molar-refractivity contribution in [2.75, 3.05) is 6.54 Å². The molecule has 0 saturated heterocycles. The normalized spacial score (nSPS) is 10.9. The van der Waals surface area contributed by atoms with Gasteiger partial charge >= 0.3 is 0 Å². The third kappa shape index (κ3) is 1.42. The summed E-state index contributed by atoms with van der Waals surface area (Å²) >= 11 is 0. The lowest BCUT2D eigenvalue weighted by Crippen LogP contribution is -2.04. The number of aryl methyl sites for hydroxylation is 1. The molecule has 3 heteroatoms. The maximum absolute atomic E-state index is 5.49. The molecule has 68 valence electrons. The van der Waals surface area contributed by atoms with Crippen molar-refractivity contribution in [1.82, 2.24) is 4.98 Å². The van der Waals surface area contributed by atoms with Crippen molar-refractivity contribution in [2.24, 2.45) is 5.73 Å². The van der Waals surface area contributed by atoms with Gasteiger partial charge in [0.2, 0.25) is 0 Å². The Morgan fingerprint density at radius 1 is 1.54 bits per heavy atom. The monoisotopic (exact) mass is 176 g/mol. The first kappa shape index (κ1) is 8.26. The van der Waals surface area contributed by atoms with Crippen molar-refractivity contribution in [2.45, 2.75) is 13.3 Å². The zero-order valence-corrected chi connectivity index (χ0v) is 7.58. The van der Waals surface area contributed by atoms with Gasteiger partial charge in [0.25, 0.3) is 0 Å². The standard InChI is InChI=1S/C10H12N2O/c1-7-6-8-9(2-4-11)12-5-3-10(8)13-7/h3,5-6H,2,4,11H2,1H3. The molecule has 0 spiro atoms. The number of nitrogens with two attached hydrogens (primary N) is 1. The highest BCUT2D eigenvalue weighted by atomic mass is 16.3. The van der Waals surface area contributed by atoms with Crippen LogP contribution in [0.5, 0.6) is 0 Å². The zero-order valence-electron chi connectivity index (χ0n) is 7.58. The molecule has 0 bridgehead atoms. The average Bonchev–Trinajstić information content (AvgIpc) is 2.47. The van der Waals surface area contributed by atoms with Gasteiger partial charge < -0.3 is 10.2 Å². The number of furan rings is 1. The molecular formula is C10H12N2O. The van der Waals surface area contributed by atoms with Crippen molar-refractivity contribution >= 4 is 11.0 Å². The van der Waals surface area contributed by atoms with Crippen LogP contribution in [0, 0.1) is 6.92 Å². The van der Waals surface area contributed by atoms with Crippen LogP contribution in [0.25, 0.3) is 11.0 Å². The Labute approximate surface area is 76.6 Å². The lowest BCUT2D eigenvalue weighted by Gasteiger charge is -1.97. The Hall–Kier alpha value is -1.35. The molecule has 13 heavy (non-hydrogen) atoms. The molecule has 0 saturated carbocycles. The minimum atomic E-state index is 0.621. The molecule has 2 rings (SSSR count). The molecule has 0 unspecified atom stereocenters. The first-order valence-electron chi connectivity index (χ1n) is 4.35. The highest BCUT2D eigenvalue weighted by molar-refractivity contribution is 5.80. The molecule has 0 atom stereocenters. The molecular weight excluding hydrogens is 164 g/mol. The van der Waals surface area contributed by atoms with Crippen LogP contribution < -0.4 is 5.73 Å². The number of hydrogen-bond acceptors (Lipinski definition) is 3. The summed E-state index contributed by atoms with van der Waals surface area (Å²) in [7, 11) is 0. The Morgan fingerprint density at radius 3 is 3.15 bits per heavy atom. The van der Waals surface area contributed by atoms with E-state index >= 15 is 0 Å². The van der Waals surface area contributed by atoms with Crippen molar-refractivity contribution in [3.63, 3.8) is 0 Å². The molecule has 0 amide bonds. The number of pyridine rings is 1. The van der Waals surface area contributed by atoms with Gasteiger partial charge in [-0.15, -0.1) is 0 Å². The van der Waals surface area contributed by atoms with Crippen molar-refractivity contribution in [1.29, 1.82) is 0 Å². The first-order chi connectivity index (χ1) is 6.31. The minimum Gasteiger partial charge on any atom is -0.461 e. The van der Waals surface area contributed by atoms with E-state index in [2.05, 4.69) is 4.98 Å². The van der Waals surface area contributed by atoms with Gasteiger partial charge in [-0.2, -0.15) is 0 Å². The van der Waals surface area contributed by atoms with Gasteiger partial charge in [0.15, 0.2) is 0 Å². The lowest BCUT2D eigenvalue weighted by atomic mass is 10.2. The Morgan fingerprint density at radius 2 is 2.38 bits per heavy atom. The highest BCUT2D eigenvalue weighted by Gasteiger charge is 2.05. The van der Waals surface area contributed by atoms with E-state index in [4.69, 9.17) is 10.2 Å². The molecule has 2 N–H and O–H groups in total. The van der Waals surface area contributed by atoms with Gasteiger partial charge in [-0.3, -0.25) is 4.98 Å². The van der Waals surface area contributed by atoms with E-state index in [-0.39, 0.29) is 0 Å². The predicted octanol–water partition coefficient (Wildman–Crippen LogP) is 1.64. The summed E-state index contributed by atoms with van der Waals surface area (Å²) in [4.78, 5) is 4.27. The highest BCUT2D eigenvalue weighted by Crippen LogP contribution is 2.20. The van der Waals surface area contributed by atoms with Crippen molar-refractivity contribution in [3.05, 3.63) is 29.8 Å². The summed E-state index contributed by atoms with van der Waals surface area (Å²) in [5.74, 6) is 0.918. The van der Waals surface area contributed by atoms with E-state index in [1.54, 1.807) is 6.20 Å². The average molecular weight is 176 g/mol. The number of fused-ring (bicyclic) bond motifs is 1. The molecule has 2 aromatic heterocycles. The van der Waals surface area contributed by atoms with Crippen molar-refractivity contribution < 1.29 is 4.42 Å². The fourth-order valence-electron chi connectivity index (χ4n) is 1.48. The van der Waals surface area contributed by atoms with Crippen LogP contribution in [0.1, 0.15) is 11.5 Å². The summed E-state index contributed by atoms with van der Waals surface area (Å²) in [6.45, 7) is 2.56. The van der Waals surface area contributed by atoms with Crippen LogP contribution in [0.4, 0.5) is 0 Å². The van der Waals surface area contributed by atoms with Crippen LogP contribution in [0.15, 0.2) is 22.7 Å². The molecule has 0 aliphatic carbocycles. The van der Waals surface area contributed by atoms with Crippen LogP contribution in [0.2, 0.25) is 0 Å². The molecule has 0 aromatic carbocycles.